The summed E-state index contributed by atoms with van der Waals surface area (Å²) in [5, 5.41) is 0.618. The van der Waals surface area contributed by atoms with Gasteiger partial charge in [-0.2, -0.15) is 0 Å². The van der Waals surface area contributed by atoms with Crippen molar-refractivity contribution < 1.29 is 0 Å². The molecule has 1 fully saturated rings. The lowest BCUT2D eigenvalue weighted by Gasteiger charge is -2.15. The predicted octanol–water partition coefficient (Wildman–Crippen LogP) is 4.51. The normalized spacial score (nSPS) is 16.7. The SMILES string of the molecule is CC1CCCCC1.Nc1ccccc1Cl. The molecule has 0 atom stereocenters. The summed E-state index contributed by atoms with van der Waals surface area (Å²) < 4.78 is 0. The van der Waals surface area contributed by atoms with Crippen LogP contribution in [0.2, 0.25) is 5.02 Å². The van der Waals surface area contributed by atoms with E-state index in [9.17, 15) is 0 Å². The molecule has 0 bridgehead atoms. The minimum Gasteiger partial charge on any atom is -0.398 e. The van der Waals surface area contributed by atoms with E-state index >= 15 is 0 Å². The van der Waals surface area contributed by atoms with Crippen LogP contribution in [0.4, 0.5) is 5.69 Å². The summed E-state index contributed by atoms with van der Waals surface area (Å²) in [7, 11) is 0. The monoisotopic (exact) mass is 225 g/mol. The molecule has 2 N–H and O–H groups in total. The van der Waals surface area contributed by atoms with Gasteiger partial charge in [-0.3, -0.25) is 0 Å². The number of hydrogen-bond donors (Lipinski definition) is 1. The minimum absolute atomic E-state index is 0.618. The Morgan fingerprint density at radius 3 is 2.07 bits per heavy atom. The average Bonchev–Trinajstić information content (AvgIpc) is 2.25. The van der Waals surface area contributed by atoms with Gasteiger partial charge in [-0.1, -0.05) is 62.8 Å². The maximum atomic E-state index is 5.58. The van der Waals surface area contributed by atoms with Gasteiger partial charge in [0.15, 0.2) is 0 Å². The number of nitrogen functional groups attached to an aromatic ring is 1. The van der Waals surface area contributed by atoms with Gasteiger partial charge >= 0.3 is 0 Å². The van der Waals surface area contributed by atoms with Crippen molar-refractivity contribution in [3.8, 4) is 0 Å². The van der Waals surface area contributed by atoms with Crippen LogP contribution < -0.4 is 5.73 Å². The molecule has 0 unspecified atom stereocenters. The molecule has 1 nitrogen and oxygen atoms in total. The Kier molecular flexibility index (Phi) is 5.56. The van der Waals surface area contributed by atoms with Crippen molar-refractivity contribution in [2.24, 2.45) is 5.92 Å². The second-order valence-corrected chi connectivity index (χ2v) is 4.67. The van der Waals surface area contributed by atoms with E-state index in [2.05, 4.69) is 6.92 Å². The van der Waals surface area contributed by atoms with Gasteiger partial charge in [-0.25, -0.2) is 0 Å². The number of benzene rings is 1. The molecule has 15 heavy (non-hydrogen) atoms. The van der Waals surface area contributed by atoms with Crippen LogP contribution in [0.15, 0.2) is 24.3 Å². The van der Waals surface area contributed by atoms with Crippen molar-refractivity contribution in [3.05, 3.63) is 29.3 Å². The van der Waals surface area contributed by atoms with Crippen molar-refractivity contribution in [1.82, 2.24) is 0 Å². The van der Waals surface area contributed by atoms with Crippen LogP contribution in [0, 0.1) is 5.92 Å². The topological polar surface area (TPSA) is 26.0 Å². The minimum atomic E-state index is 0.618. The summed E-state index contributed by atoms with van der Waals surface area (Å²) in [5.74, 6) is 1.04. The van der Waals surface area contributed by atoms with Crippen LogP contribution in [0.25, 0.3) is 0 Å². The van der Waals surface area contributed by atoms with Gasteiger partial charge in [0.2, 0.25) is 0 Å². The Morgan fingerprint density at radius 2 is 1.73 bits per heavy atom. The first-order chi connectivity index (χ1) is 7.20. The fraction of sp³-hybridized carbons (Fsp3) is 0.538. The van der Waals surface area contributed by atoms with Crippen molar-refractivity contribution >= 4 is 17.3 Å². The number of rotatable bonds is 0. The Hall–Kier alpha value is -0.690. The summed E-state index contributed by atoms with van der Waals surface area (Å²) in [5.41, 5.74) is 6.02. The van der Waals surface area contributed by atoms with E-state index < -0.39 is 0 Å². The zero-order valence-corrected chi connectivity index (χ0v) is 10.1. The Labute approximate surface area is 97.6 Å². The third-order valence-corrected chi connectivity index (χ3v) is 3.14. The highest BCUT2D eigenvalue weighted by Gasteiger charge is 2.05. The molecule has 0 aromatic heterocycles. The zero-order valence-electron chi connectivity index (χ0n) is 9.38. The van der Waals surface area contributed by atoms with Crippen LogP contribution in [0.3, 0.4) is 0 Å². The van der Waals surface area contributed by atoms with Crippen molar-refractivity contribution in [2.75, 3.05) is 5.73 Å². The largest absolute Gasteiger partial charge is 0.398 e. The van der Waals surface area contributed by atoms with E-state index in [1.54, 1.807) is 12.1 Å². The van der Waals surface area contributed by atoms with E-state index in [0.717, 1.165) is 5.92 Å². The molecule has 1 aromatic carbocycles. The third kappa shape index (κ3) is 5.08. The highest BCUT2D eigenvalue weighted by Crippen LogP contribution is 2.22. The fourth-order valence-corrected chi connectivity index (χ4v) is 1.92. The molecule has 2 rings (SSSR count). The molecule has 0 saturated heterocycles. The molecule has 1 aliphatic rings. The van der Waals surface area contributed by atoms with Crippen LogP contribution in [0.1, 0.15) is 39.0 Å². The Balaban J connectivity index is 0.000000151. The van der Waals surface area contributed by atoms with Gasteiger partial charge in [0.25, 0.3) is 0 Å². The molecule has 1 aromatic rings. The molecule has 1 saturated carbocycles. The first-order valence-corrected chi connectivity index (χ1v) is 6.08. The third-order valence-electron chi connectivity index (χ3n) is 2.80. The maximum absolute atomic E-state index is 5.58. The highest BCUT2D eigenvalue weighted by atomic mass is 35.5. The van der Waals surface area contributed by atoms with Gasteiger partial charge < -0.3 is 5.73 Å². The number of halogens is 1. The number of nitrogens with two attached hydrogens (primary N) is 1. The lowest BCUT2D eigenvalue weighted by molar-refractivity contribution is 0.385. The van der Waals surface area contributed by atoms with Gasteiger partial charge in [0.05, 0.1) is 10.7 Å². The standard InChI is InChI=1S/C7H14.C6H6ClN/c1-7-5-3-2-4-6-7;7-5-3-1-2-4-6(5)8/h7H,2-6H2,1H3;1-4H,8H2. The first-order valence-electron chi connectivity index (χ1n) is 5.70. The lowest BCUT2D eigenvalue weighted by Crippen LogP contribution is -1.99. The van der Waals surface area contributed by atoms with Crippen LogP contribution in [0.5, 0.6) is 0 Å². The van der Waals surface area contributed by atoms with Crippen molar-refractivity contribution in [1.29, 1.82) is 0 Å². The van der Waals surface area contributed by atoms with Crippen molar-refractivity contribution in [3.63, 3.8) is 0 Å². The van der Waals surface area contributed by atoms with Gasteiger partial charge in [-0.15, -0.1) is 0 Å². The first kappa shape index (κ1) is 12.4. The second-order valence-electron chi connectivity index (χ2n) is 4.26. The number of anilines is 1. The average molecular weight is 226 g/mol. The number of hydrogen-bond acceptors (Lipinski definition) is 1. The van der Waals surface area contributed by atoms with E-state index in [1.165, 1.54) is 32.1 Å². The van der Waals surface area contributed by atoms with Gasteiger partial charge in [-0.05, 0) is 18.1 Å². The summed E-state index contributed by atoms with van der Waals surface area (Å²) in [4.78, 5) is 0. The maximum Gasteiger partial charge on any atom is 0.0635 e. The van der Waals surface area contributed by atoms with E-state index in [0.29, 0.717) is 10.7 Å². The van der Waals surface area contributed by atoms with Crippen LogP contribution in [-0.2, 0) is 0 Å². The lowest BCUT2D eigenvalue weighted by atomic mass is 9.91. The van der Waals surface area contributed by atoms with Gasteiger partial charge in [0.1, 0.15) is 0 Å². The van der Waals surface area contributed by atoms with Gasteiger partial charge in [0, 0.05) is 0 Å². The molecular weight excluding hydrogens is 206 g/mol. The summed E-state index contributed by atoms with van der Waals surface area (Å²) in [6.07, 6.45) is 7.44. The Bertz CT molecular complexity index is 259. The molecule has 0 aliphatic heterocycles. The quantitative estimate of drug-likeness (QED) is 0.646. The van der Waals surface area contributed by atoms with Crippen LogP contribution >= 0.6 is 11.6 Å². The highest BCUT2D eigenvalue weighted by molar-refractivity contribution is 6.33. The molecule has 0 amide bonds. The molecule has 1 aliphatic carbocycles. The molecule has 0 heterocycles. The molecule has 0 spiro atoms. The summed E-state index contributed by atoms with van der Waals surface area (Å²) in [6, 6.07) is 7.22. The summed E-state index contributed by atoms with van der Waals surface area (Å²) >= 11 is 5.58. The van der Waals surface area contributed by atoms with Crippen molar-refractivity contribution in [2.45, 2.75) is 39.0 Å². The smallest absolute Gasteiger partial charge is 0.0635 e. The number of para-hydroxylation sites is 1. The fourth-order valence-electron chi connectivity index (χ4n) is 1.78. The van der Waals surface area contributed by atoms with E-state index in [-0.39, 0.29) is 0 Å². The Morgan fingerprint density at radius 1 is 1.13 bits per heavy atom. The zero-order chi connectivity index (χ0) is 11.1. The molecule has 84 valence electrons. The molecule has 0 radical (unpaired) electrons. The van der Waals surface area contributed by atoms with Crippen LogP contribution in [-0.4, -0.2) is 0 Å². The molecular formula is C13H20ClN. The summed E-state index contributed by atoms with van der Waals surface area (Å²) in [6.45, 7) is 2.36. The predicted molar refractivity (Wildman–Crippen MR) is 68.1 cm³/mol. The van der Waals surface area contributed by atoms with E-state index in [1.807, 2.05) is 12.1 Å². The van der Waals surface area contributed by atoms with E-state index in [4.69, 9.17) is 17.3 Å². The second kappa shape index (κ2) is 6.73. The molecule has 2 heteroatoms.